The Morgan fingerprint density at radius 3 is 2.59 bits per heavy atom. The van der Waals surface area contributed by atoms with Gasteiger partial charge in [0.15, 0.2) is 6.10 Å². The van der Waals surface area contributed by atoms with Crippen LogP contribution in [0.1, 0.15) is 12.5 Å². The van der Waals surface area contributed by atoms with Crippen molar-refractivity contribution in [2.45, 2.75) is 20.0 Å². The van der Waals surface area contributed by atoms with Crippen molar-refractivity contribution in [3.8, 4) is 11.5 Å². The summed E-state index contributed by atoms with van der Waals surface area (Å²) in [6, 6.07) is 12.4. The number of hydrogen-bond donors (Lipinski definition) is 1. The van der Waals surface area contributed by atoms with Crippen LogP contribution >= 0.6 is 11.6 Å². The van der Waals surface area contributed by atoms with Crippen molar-refractivity contribution in [1.29, 1.82) is 0 Å². The van der Waals surface area contributed by atoms with Crippen LogP contribution in [0.4, 0.5) is 5.69 Å². The number of anilines is 1. The molecule has 0 saturated heterocycles. The molecular formula is C17H18ClNO3. The van der Waals surface area contributed by atoms with Gasteiger partial charge in [-0.2, -0.15) is 0 Å². The lowest BCUT2D eigenvalue weighted by atomic mass is 10.2. The first-order chi connectivity index (χ1) is 10.5. The Kier molecular flexibility index (Phi) is 5.28. The molecule has 2 aromatic rings. The summed E-state index contributed by atoms with van der Waals surface area (Å²) >= 11 is 5.89. The summed E-state index contributed by atoms with van der Waals surface area (Å²) in [5, 5.41) is 3.41. The Labute approximate surface area is 135 Å². The maximum atomic E-state index is 12.2. The summed E-state index contributed by atoms with van der Waals surface area (Å²) in [7, 11) is 1.61. The van der Waals surface area contributed by atoms with E-state index in [1.165, 1.54) is 0 Å². The molecule has 0 spiro atoms. The van der Waals surface area contributed by atoms with Crippen LogP contribution in [-0.4, -0.2) is 19.1 Å². The minimum Gasteiger partial charge on any atom is -0.497 e. The summed E-state index contributed by atoms with van der Waals surface area (Å²) in [5.41, 5.74) is 1.65. The quantitative estimate of drug-likeness (QED) is 0.904. The van der Waals surface area contributed by atoms with E-state index in [9.17, 15) is 4.79 Å². The lowest BCUT2D eigenvalue weighted by molar-refractivity contribution is -0.122. The van der Waals surface area contributed by atoms with Crippen molar-refractivity contribution in [2.24, 2.45) is 0 Å². The van der Waals surface area contributed by atoms with Crippen LogP contribution < -0.4 is 14.8 Å². The van der Waals surface area contributed by atoms with Gasteiger partial charge in [-0.3, -0.25) is 4.79 Å². The van der Waals surface area contributed by atoms with E-state index in [1.54, 1.807) is 50.4 Å². The molecule has 0 aliphatic carbocycles. The molecule has 0 fully saturated rings. The average Bonchev–Trinajstić information content (AvgIpc) is 2.49. The van der Waals surface area contributed by atoms with Gasteiger partial charge in [0.2, 0.25) is 0 Å². The molecule has 116 valence electrons. The third kappa shape index (κ3) is 4.15. The zero-order chi connectivity index (χ0) is 16.1. The molecule has 0 bridgehead atoms. The monoisotopic (exact) mass is 319 g/mol. The van der Waals surface area contributed by atoms with Crippen LogP contribution in [0, 0.1) is 6.92 Å². The molecule has 4 nitrogen and oxygen atoms in total. The number of carbonyl (C=O) groups is 1. The third-order valence-electron chi connectivity index (χ3n) is 3.17. The molecule has 2 aromatic carbocycles. The summed E-state index contributed by atoms with van der Waals surface area (Å²) < 4.78 is 10.7. The van der Waals surface area contributed by atoms with E-state index < -0.39 is 6.10 Å². The zero-order valence-electron chi connectivity index (χ0n) is 12.7. The Bertz CT molecular complexity index is 673. The smallest absolute Gasteiger partial charge is 0.265 e. The summed E-state index contributed by atoms with van der Waals surface area (Å²) in [6.45, 7) is 3.59. The molecule has 2 rings (SSSR count). The fraction of sp³-hybridized carbons (Fsp3) is 0.235. The topological polar surface area (TPSA) is 47.6 Å². The molecule has 0 aliphatic rings. The van der Waals surface area contributed by atoms with Crippen molar-refractivity contribution < 1.29 is 14.3 Å². The number of hydrogen-bond acceptors (Lipinski definition) is 3. The molecule has 0 saturated carbocycles. The standard InChI is InChI=1S/C17H18ClNO3/c1-11-9-14(21-3)7-8-16(11)19-17(20)12(2)22-15-6-4-5-13(18)10-15/h4-10,12H,1-3H3,(H,19,20). The second-order valence-electron chi connectivity index (χ2n) is 4.89. The fourth-order valence-corrected chi connectivity index (χ4v) is 2.12. The summed E-state index contributed by atoms with van der Waals surface area (Å²) in [4.78, 5) is 12.2. The van der Waals surface area contributed by atoms with Gasteiger partial charge in [0, 0.05) is 10.7 Å². The van der Waals surface area contributed by atoms with E-state index in [2.05, 4.69) is 5.32 Å². The normalized spacial score (nSPS) is 11.6. The van der Waals surface area contributed by atoms with Gasteiger partial charge in [0.1, 0.15) is 11.5 Å². The number of aryl methyl sites for hydroxylation is 1. The maximum absolute atomic E-state index is 12.2. The highest BCUT2D eigenvalue weighted by atomic mass is 35.5. The number of carbonyl (C=O) groups excluding carboxylic acids is 1. The molecule has 0 aromatic heterocycles. The molecule has 5 heteroatoms. The molecule has 22 heavy (non-hydrogen) atoms. The van der Waals surface area contributed by atoms with Gasteiger partial charge in [-0.05, 0) is 55.8 Å². The minimum absolute atomic E-state index is 0.228. The van der Waals surface area contributed by atoms with Gasteiger partial charge in [0.05, 0.1) is 7.11 Å². The minimum atomic E-state index is -0.639. The number of nitrogens with one attached hydrogen (secondary N) is 1. The Hall–Kier alpha value is -2.20. The second kappa shape index (κ2) is 7.18. The number of halogens is 1. The van der Waals surface area contributed by atoms with E-state index in [0.717, 1.165) is 17.0 Å². The van der Waals surface area contributed by atoms with Crippen LogP contribution in [0.3, 0.4) is 0 Å². The van der Waals surface area contributed by atoms with Crippen molar-refractivity contribution in [1.82, 2.24) is 0 Å². The number of ether oxygens (including phenoxy) is 2. The van der Waals surface area contributed by atoms with E-state index in [1.807, 2.05) is 13.0 Å². The maximum Gasteiger partial charge on any atom is 0.265 e. The van der Waals surface area contributed by atoms with E-state index in [4.69, 9.17) is 21.1 Å². The van der Waals surface area contributed by atoms with Gasteiger partial charge in [0.25, 0.3) is 5.91 Å². The molecule has 1 amide bonds. The average molecular weight is 320 g/mol. The van der Waals surface area contributed by atoms with Gasteiger partial charge >= 0.3 is 0 Å². The molecule has 1 unspecified atom stereocenters. The highest BCUT2D eigenvalue weighted by Crippen LogP contribution is 2.22. The predicted octanol–water partition coefficient (Wildman–Crippen LogP) is 4.06. The van der Waals surface area contributed by atoms with Crippen LogP contribution in [0.25, 0.3) is 0 Å². The molecular weight excluding hydrogens is 302 g/mol. The van der Waals surface area contributed by atoms with Crippen LogP contribution in [0.2, 0.25) is 5.02 Å². The Morgan fingerprint density at radius 1 is 1.18 bits per heavy atom. The lowest BCUT2D eigenvalue weighted by Gasteiger charge is -2.16. The highest BCUT2D eigenvalue weighted by molar-refractivity contribution is 6.30. The predicted molar refractivity (Wildman–Crippen MR) is 87.9 cm³/mol. The highest BCUT2D eigenvalue weighted by Gasteiger charge is 2.16. The number of methoxy groups -OCH3 is 1. The molecule has 0 heterocycles. The zero-order valence-corrected chi connectivity index (χ0v) is 13.5. The fourth-order valence-electron chi connectivity index (χ4n) is 1.94. The third-order valence-corrected chi connectivity index (χ3v) is 3.40. The summed E-state index contributed by atoms with van der Waals surface area (Å²) in [6.07, 6.45) is -0.639. The van der Waals surface area contributed by atoms with E-state index in [0.29, 0.717) is 10.8 Å². The van der Waals surface area contributed by atoms with Crippen molar-refractivity contribution >= 4 is 23.2 Å². The second-order valence-corrected chi connectivity index (χ2v) is 5.32. The lowest BCUT2D eigenvalue weighted by Crippen LogP contribution is -2.30. The van der Waals surface area contributed by atoms with Gasteiger partial charge in [-0.15, -0.1) is 0 Å². The van der Waals surface area contributed by atoms with Crippen LogP contribution in [0.5, 0.6) is 11.5 Å². The molecule has 0 aliphatic heterocycles. The molecule has 0 radical (unpaired) electrons. The van der Waals surface area contributed by atoms with E-state index in [-0.39, 0.29) is 5.91 Å². The summed E-state index contributed by atoms with van der Waals surface area (Å²) in [5.74, 6) is 1.08. The largest absolute Gasteiger partial charge is 0.497 e. The number of rotatable bonds is 5. The molecule has 1 N–H and O–H groups in total. The van der Waals surface area contributed by atoms with Crippen LogP contribution in [-0.2, 0) is 4.79 Å². The number of amides is 1. The number of benzene rings is 2. The first kappa shape index (κ1) is 16.2. The van der Waals surface area contributed by atoms with Crippen LogP contribution in [0.15, 0.2) is 42.5 Å². The van der Waals surface area contributed by atoms with Gasteiger partial charge < -0.3 is 14.8 Å². The first-order valence-electron chi connectivity index (χ1n) is 6.87. The SMILES string of the molecule is COc1ccc(NC(=O)C(C)Oc2cccc(Cl)c2)c(C)c1. The van der Waals surface area contributed by atoms with Crippen molar-refractivity contribution in [3.63, 3.8) is 0 Å². The van der Waals surface area contributed by atoms with Gasteiger partial charge in [-0.25, -0.2) is 0 Å². The Balaban J connectivity index is 2.02. The van der Waals surface area contributed by atoms with E-state index >= 15 is 0 Å². The van der Waals surface area contributed by atoms with Crippen molar-refractivity contribution in [3.05, 3.63) is 53.1 Å². The Morgan fingerprint density at radius 2 is 1.95 bits per heavy atom. The molecule has 1 atom stereocenters. The van der Waals surface area contributed by atoms with Gasteiger partial charge in [-0.1, -0.05) is 17.7 Å². The first-order valence-corrected chi connectivity index (χ1v) is 7.25. The van der Waals surface area contributed by atoms with Crippen molar-refractivity contribution in [2.75, 3.05) is 12.4 Å².